The maximum atomic E-state index is 13.0. The number of carbonyl (C=O) groups excluding carboxylic acids is 1. The number of hydrogen-bond acceptors (Lipinski definition) is 4. The van der Waals surface area contributed by atoms with Crippen LogP contribution in [-0.2, 0) is 6.54 Å². The van der Waals surface area contributed by atoms with E-state index in [0.29, 0.717) is 30.4 Å². The molecule has 3 rings (SSSR count). The van der Waals surface area contributed by atoms with Crippen LogP contribution in [0.25, 0.3) is 0 Å². The quantitative estimate of drug-likeness (QED) is 0.931. The van der Waals surface area contributed by atoms with Gasteiger partial charge in [0.1, 0.15) is 5.82 Å². The van der Waals surface area contributed by atoms with Crippen LogP contribution >= 0.6 is 11.6 Å². The molecule has 0 radical (unpaired) electrons. The number of hydrogen-bond donors (Lipinski definition) is 1. The van der Waals surface area contributed by atoms with E-state index in [1.807, 2.05) is 0 Å². The minimum Gasteiger partial charge on any atom is -0.335 e. The number of halogens is 2. The van der Waals surface area contributed by atoms with Gasteiger partial charge >= 0.3 is 0 Å². The molecule has 1 saturated heterocycles. The fourth-order valence-corrected chi connectivity index (χ4v) is 2.69. The standard InChI is InChI=1S/C14H15ClFN5O/c15-12-7-11(16)2-1-10(12)9-20-3-5-21(6-4-20)14(22)13-8-17-19-18-13/h1-2,7-8H,3-6,9H2,(H,17,18,19). The fourth-order valence-electron chi connectivity index (χ4n) is 2.47. The number of rotatable bonds is 3. The normalized spacial score (nSPS) is 16.0. The van der Waals surface area contributed by atoms with Crippen LogP contribution in [0.3, 0.4) is 0 Å². The monoisotopic (exact) mass is 323 g/mol. The summed E-state index contributed by atoms with van der Waals surface area (Å²) in [4.78, 5) is 16.1. The summed E-state index contributed by atoms with van der Waals surface area (Å²) in [7, 11) is 0. The molecular weight excluding hydrogens is 309 g/mol. The second-order valence-corrected chi connectivity index (χ2v) is 5.57. The Morgan fingerprint density at radius 1 is 1.32 bits per heavy atom. The number of amides is 1. The van der Waals surface area contributed by atoms with Crippen molar-refractivity contribution in [3.05, 3.63) is 46.5 Å². The van der Waals surface area contributed by atoms with Gasteiger partial charge in [0.25, 0.3) is 5.91 Å². The molecule has 1 aliphatic rings. The van der Waals surface area contributed by atoms with Crippen LogP contribution in [0.15, 0.2) is 24.4 Å². The molecule has 22 heavy (non-hydrogen) atoms. The molecule has 0 unspecified atom stereocenters. The Morgan fingerprint density at radius 2 is 2.09 bits per heavy atom. The van der Waals surface area contributed by atoms with E-state index in [-0.39, 0.29) is 11.7 Å². The van der Waals surface area contributed by atoms with Crippen molar-refractivity contribution in [3.8, 4) is 0 Å². The highest BCUT2D eigenvalue weighted by Crippen LogP contribution is 2.20. The SMILES string of the molecule is O=C(c1cn[nH]n1)N1CCN(Cc2ccc(F)cc2Cl)CC1. The summed E-state index contributed by atoms with van der Waals surface area (Å²) in [6, 6.07) is 4.43. The van der Waals surface area contributed by atoms with Gasteiger partial charge in [-0.15, -0.1) is 0 Å². The minimum absolute atomic E-state index is 0.117. The topological polar surface area (TPSA) is 65.1 Å². The summed E-state index contributed by atoms with van der Waals surface area (Å²) in [5, 5.41) is 10.3. The van der Waals surface area contributed by atoms with Crippen molar-refractivity contribution < 1.29 is 9.18 Å². The number of aromatic nitrogens is 3. The number of nitrogens with one attached hydrogen (secondary N) is 1. The molecule has 116 valence electrons. The lowest BCUT2D eigenvalue weighted by Gasteiger charge is -2.34. The first-order chi connectivity index (χ1) is 10.6. The van der Waals surface area contributed by atoms with Gasteiger partial charge in [-0.05, 0) is 17.7 Å². The van der Waals surface area contributed by atoms with Crippen molar-refractivity contribution in [1.29, 1.82) is 0 Å². The Kier molecular flexibility index (Phi) is 4.35. The van der Waals surface area contributed by atoms with Gasteiger partial charge in [-0.3, -0.25) is 9.69 Å². The highest BCUT2D eigenvalue weighted by molar-refractivity contribution is 6.31. The molecule has 1 N–H and O–H groups in total. The molecule has 1 aromatic carbocycles. The largest absolute Gasteiger partial charge is 0.335 e. The summed E-state index contributed by atoms with van der Waals surface area (Å²) < 4.78 is 13.0. The van der Waals surface area contributed by atoms with E-state index in [2.05, 4.69) is 20.3 Å². The third-order valence-electron chi connectivity index (χ3n) is 3.70. The van der Waals surface area contributed by atoms with Gasteiger partial charge in [0.05, 0.1) is 6.20 Å². The molecule has 0 atom stereocenters. The zero-order valence-electron chi connectivity index (χ0n) is 11.8. The second-order valence-electron chi connectivity index (χ2n) is 5.16. The molecule has 1 aromatic heterocycles. The van der Waals surface area contributed by atoms with E-state index >= 15 is 0 Å². The molecule has 1 amide bonds. The highest BCUT2D eigenvalue weighted by atomic mass is 35.5. The maximum absolute atomic E-state index is 13.0. The molecule has 0 saturated carbocycles. The number of carbonyl (C=O) groups is 1. The molecule has 0 bridgehead atoms. The Bertz CT molecular complexity index is 655. The minimum atomic E-state index is -0.336. The van der Waals surface area contributed by atoms with Crippen LogP contribution < -0.4 is 0 Å². The Balaban J connectivity index is 1.56. The van der Waals surface area contributed by atoms with Crippen molar-refractivity contribution >= 4 is 17.5 Å². The lowest BCUT2D eigenvalue weighted by Crippen LogP contribution is -2.48. The van der Waals surface area contributed by atoms with Gasteiger partial charge in [-0.2, -0.15) is 15.4 Å². The van der Waals surface area contributed by atoms with Gasteiger partial charge in [-0.25, -0.2) is 4.39 Å². The first-order valence-corrected chi connectivity index (χ1v) is 7.32. The Labute approximate surface area is 131 Å². The third-order valence-corrected chi connectivity index (χ3v) is 4.05. The van der Waals surface area contributed by atoms with E-state index in [0.717, 1.165) is 18.7 Å². The van der Waals surface area contributed by atoms with Crippen LogP contribution in [0, 0.1) is 5.82 Å². The summed E-state index contributed by atoms with van der Waals surface area (Å²) >= 11 is 6.05. The maximum Gasteiger partial charge on any atom is 0.276 e. The average Bonchev–Trinajstić information content (AvgIpc) is 3.04. The van der Waals surface area contributed by atoms with Crippen molar-refractivity contribution in [2.45, 2.75) is 6.54 Å². The third kappa shape index (κ3) is 3.26. The molecule has 6 nitrogen and oxygen atoms in total. The van der Waals surface area contributed by atoms with Crippen LogP contribution in [0.4, 0.5) is 4.39 Å². The fraction of sp³-hybridized carbons (Fsp3) is 0.357. The highest BCUT2D eigenvalue weighted by Gasteiger charge is 2.23. The average molecular weight is 324 g/mol. The van der Waals surface area contributed by atoms with Crippen molar-refractivity contribution in [2.75, 3.05) is 26.2 Å². The van der Waals surface area contributed by atoms with Crippen molar-refractivity contribution in [1.82, 2.24) is 25.2 Å². The molecule has 1 fully saturated rings. The first-order valence-electron chi connectivity index (χ1n) is 6.95. The number of aromatic amines is 1. The first kappa shape index (κ1) is 14.9. The molecule has 2 heterocycles. The predicted molar refractivity (Wildman–Crippen MR) is 79.0 cm³/mol. The van der Waals surface area contributed by atoms with Crippen molar-refractivity contribution in [2.24, 2.45) is 0 Å². The smallest absolute Gasteiger partial charge is 0.276 e. The van der Waals surface area contributed by atoms with E-state index in [9.17, 15) is 9.18 Å². The number of nitrogens with zero attached hydrogens (tertiary/aromatic N) is 4. The molecule has 0 aliphatic carbocycles. The van der Waals surface area contributed by atoms with Gasteiger partial charge in [0, 0.05) is 37.7 Å². The lowest BCUT2D eigenvalue weighted by atomic mass is 10.2. The number of piperazine rings is 1. The number of benzene rings is 1. The molecule has 8 heteroatoms. The summed E-state index contributed by atoms with van der Waals surface area (Å²) in [5.74, 6) is -0.454. The summed E-state index contributed by atoms with van der Waals surface area (Å²) in [5.41, 5.74) is 1.22. The number of H-pyrrole nitrogens is 1. The van der Waals surface area contributed by atoms with Gasteiger partial charge in [-0.1, -0.05) is 17.7 Å². The van der Waals surface area contributed by atoms with E-state index in [4.69, 9.17) is 11.6 Å². The van der Waals surface area contributed by atoms with Crippen LogP contribution in [0.5, 0.6) is 0 Å². The Morgan fingerprint density at radius 3 is 2.73 bits per heavy atom. The van der Waals surface area contributed by atoms with E-state index < -0.39 is 0 Å². The molecule has 2 aromatic rings. The Hall–Kier alpha value is -1.99. The molecular formula is C14H15ClFN5O. The van der Waals surface area contributed by atoms with Crippen LogP contribution in [0.2, 0.25) is 5.02 Å². The van der Waals surface area contributed by atoms with Crippen molar-refractivity contribution in [3.63, 3.8) is 0 Å². The molecule has 1 aliphatic heterocycles. The van der Waals surface area contributed by atoms with E-state index in [1.54, 1.807) is 11.0 Å². The van der Waals surface area contributed by atoms with Gasteiger partial charge < -0.3 is 4.90 Å². The van der Waals surface area contributed by atoms with Gasteiger partial charge in [0.2, 0.25) is 0 Å². The summed E-state index contributed by atoms with van der Waals surface area (Å²) in [6.45, 7) is 3.34. The van der Waals surface area contributed by atoms with E-state index in [1.165, 1.54) is 18.3 Å². The van der Waals surface area contributed by atoms with Gasteiger partial charge in [0.15, 0.2) is 5.69 Å². The second kappa shape index (κ2) is 6.41. The van der Waals surface area contributed by atoms with Crippen LogP contribution in [-0.4, -0.2) is 57.3 Å². The molecule has 0 spiro atoms. The summed E-state index contributed by atoms with van der Waals surface area (Å²) in [6.07, 6.45) is 1.42. The zero-order valence-corrected chi connectivity index (χ0v) is 12.6. The van der Waals surface area contributed by atoms with Crippen LogP contribution in [0.1, 0.15) is 16.1 Å². The lowest BCUT2D eigenvalue weighted by molar-refractivity contribution is 0.0622. The zero-order chi connectivity index (χ0) is 15.5. The predicted octanol–water partition coefficient (Wildman–Crippen LogP) is 1.56.